The monoisotopic (exact) mass is 398 g/mol. The first-order chi connectivity index (χ1) is 11.2. The molecule has 0 saturated carbocycles. The summed E-state index contributed by atoms with van der Waals surface area (Å²) >= 11 is 3.30. The molecule has 0 radical (unpaired) electrons. The molecule has 0 spiro atoms. The molecule has 8 nitrogen and oxygen atoms in total. The molecule has 2 amide bonds. The standard InChI is InChI=1S/C15H19BrN4O4/c1-15(2,3)24-14(22)20-9-4-10(23-13(20)21)8-19(7-9)12-6-17-5-11(16)18-12/h5-6,9-10H,4,7-8H2,1-3H3. The number of hydrogen-bond donors (Lipinski definition) is 0. The fraction of sp³-hybridized carbons (Fsp3) is 0.600. The van der Waals surface area contributed by atoms with Gasteiger partial charge in [-0.05, 0) is 36.7 Å². The Balaban J connectivity index is 1.80. The molecule has 2 aliphatic heterocycles. The number of carbonyl (C=O) groups is 2. The van der Waals surface area contributed by atoms with Gasteiger partial charge < -0.3 is 14.4 Å². The molecule has 1 aromatic heterocycles. The highest BCUT2D eigenvalue weighted by molar-refractivity contribution is 9.10. The van der Waals surface area contributed by atoms with Crippen LogP contribution in [-0.2, 0) is 9.47 Å². The van der Waals surface area contributed by atoms with Gasteiger partial charge in [0.25, 0.3) is 0 Å². The third-order valence-corrected chi connectivity index (χ3v) is 4.11. The summed E-state index contributed by atoms with van der Waals surface area (Å²) in [6.07, 6.45) is 2.22. The average molecular weight is 399 g/mol. The van der Waals surface area contributed by atoms with Gasteiger partial charge in [0.05, 0.1) is 25.0 Å². The van der Waals surface area contributed by atoms with Crippen molar-refractivity contribution in [2.24, 2.45) is 0 Å². The zero-order valence-electron chi connectivity index (χ0n) is 13.7. The van der Waals surface area contributed by atoms with Crippen LogP contribution in [0.4, 0.5) is 15.4 Å². The van der Waals surface area contributed by atoms with Gasteiger partial charge in [-0.3, -0.25) is 4.98 Å². The number of imide groups is 1. The maximum atomic E-state index is 12.4. The lowest BCUT2D eigenvalue weighted by molar-refractivity contribution is -0.0280. The van der Waals surface area contributed by atoms with Gasteiger partial charge >= 0.3 is 12.2 Å². The molecule has 2 aliphatic rings. The van der Waals surface area contributed by atoms with E-state index in [0.717, 1.165) is 4.90 Å². The third kappa shape index (κ3) is 3.61. The Bertz CT molecular complexity index is 663. The number of carbonyl (C=O) groups excluding carboxylic acids is 2. The van der Waals surface area contributed by atoms with E-state index < -0.39 is 17.8 Å². The number of nitrogens with zero attached hydrogens (tertiary/aromatic N) is 4. The number of ether oxygens (including phenoxy) is 2. The molecule has 2 saturated heterocycles. The second kappa shape index (κ2) is 6.19. The van der Waals surface area contributed by atoms with Crippen molar-refractivity contribution in [3.05, 3.63) is 17.0 Å². The third-order valence-electron chi connectivity index (χ3n) is 3.73. The van der Waals surface area contributed by atoms with E-state index in [1.54, 1.807) is 33.2 Å². The first kappa shape index (κ1) is 16.9. The molecule has 2 bridgehead atoms. The van der Waals surface area contributed by atoms with Crippen LogP contribution in [0.1, 0.15) is 27.2 Å². The van der Waals surface area contributed by atoms with E-state index in [1.165, 1.54) is 0 Å². The number of hydrogen-bond acceptors (Lipinski definition) is 7. The Hall–Kier alpha value is -1.90. The van der Waals surface area contributed by atoms with Crippen LogP contribution >= 0.6 is 15.9 Å². The molecule has 1 aromatic rings. The summed E-state index contributed by atoms with van der Waals surface area (Å²) in [6, 6.07) is -0.319. The van der Waals surface area contributed by atoms with Crippen LogP contribution in [0, 0.1) is 0 Å². The minimum Gasteiger partial charge on any atom is -0.444 e. The highest BCUT2D eigenvalue weighted by atomic mass is 79.9. The fourth-order valence-corrected chi connectivity index (χ4v) is 3.15. The average Bonchev–Trinajstić information content (AvgIpc) is 2.44. The summed E-state index contributed by atoms with van der Waals surface area (Å²) in [7, 11) is 0. The summed E-state index contributed by atoms with van der Waals surface area (Å²) in [5.74, 6) is 0.668. The molecular weight excluding hydrogens is 380 g/mol. The van der Waals surface area contributed by atoms with Crippen LogP contribution < -0.4 is 4.90 Å². The Morgan fingerprint density at radius 3 is 2.79 bits per heavy atom. The van der Waals surface area contributed by atoms with Crippen LogP contribution in [0.3, 0.4) is 0 Å². The van der Waals surface area contributed by atoms with Gasteiger partial charge in [0.15, 0.2) is 0 Å². The Kier molecular flexibility index (Phi) is 4.37. The van der Waals surface area contributed by atoms with Gasteiger partial charge in [0.1, 0.15) is 22.1 Å². The van der Waals surface area contributed by atoms with Crippen LogP contribution in [0.2, 0.25) is 0 Å². The van der Waals surface area contributed by atoms with E-state index in [4.69, 9.17) is 9.47 Å². The number of anilines is 1. The molecule has 3 heterocycles. The van der Waals surface area contributed by atoms with Crippen molar-refractivity contribution in [2.45, 2.75) is 44.9 Å². The smallest absolute Gasteiger partial charge is 0.420 e. The largest absolute Gasteiger partial charge is 0.444 e. The normalized spacial score (nSPS) is 23.8. The lowest BCUT2D eigenvalue weighted by Crippen LogP contribution is -2.62. The van der Waals surface area contributed by atoms with E-state index in [2.05, 4.69) is 25.9 Å². The van der Waals surface area contributed by atoms with Crippen molar-refractivity contribution < 1.29 is 19.1 Å². The number of rotatable bonds is 1. The molecule has 24 heavy (non-hydrogen) atoms. The van der Waals surface area contributed by atoms with Gasteiger partial charge in [-0.25, -0.2) is 19.5 Å². The van der Waals surface area contributed by atoms with Gasteiger partial charge in [-0.2, -0.15) is 0 Å². The van der Waals surface area contributed by atoms with E-state index in [-0.39, 0.29) is 12.1 Å². The van der Waals surface area contributed by atoms with E-state index in [9.17, 15) is 9.59 Å². The molecule has 130 valence electrons. The number of piperidine rings is 1. The number of fused-ring (bicyclic) bond motifs is 2. The SMILES string of the molecule is CC(C)(C)OC(=O)N1C(=O)OC2CC1CN(c1cncc(Br)n1)C2. The van der Waals surface area contributed by atoms with Crippen molar-refractivity contribution in [1.82, 2.24) is 14.9 Å². The summed E-state index contributed by atoms with van der Waals surface area (Å²) in [5, 5.41) is 0. The maximum absolute atomic E-state index is 12.4. The first-order valence-corrected chi connectivity index (χ1v) is 8.47. The predicted octanol–water partition coefficient (Wildman–Crippen LogP) is 2.57. The number of amides is 2. The van der Waals surface area contributed by atoms with Gasteiger partial charge in [0, 0.05) is 13.0 Å². The van der Waals surface area contributed by atoms with E-state index in [0.29, 0.717) is 29.9 Å². The molecule has 3 rings (SSSR count). The highest BCUT2D eigenvalue weighted by Gasteiger charge is 2.45. The van der Waals surface area contributed by atoms with E-state index in [1.807, 2.05) is 4.90 Å². The molecular formula is C15H19BrN4O4. The summed E-state index contributed by atoms with van der Waals surface area (Å²) in [4.78, 5) is 36.1. The minimum atomic E-state index is -0.682. The lowest BCUT2D eigenvalue weighted by Gasteiger charge is -2.45. The predicted molar refractivity (Wildman–Crippen MR) is 88.7 cm³/mol. The zero-order valence-corrected chi connectivity index (χ0v) is 15.3. The Morgan fingerprint density at radius 2 is 2.12 bits per heavy atom. The molecule has 0 aromatic carbocycles. The minimum absolute atomic E-state index is 0.282. The van der Waals surface area contributed by atoms with Crippen molar-refractivity contribution >= 4 is 33.9 Å². The summed E-state index contributed by atoms with van der Waals surface area (Å²) < 4.78 is 11.3. The van der Waals surface area contributed by atoms with Crippen LogP contribution in [0.5, 0.6) is 0 Å². The van der Waals surface area contributed by atoms with Gasteiger partial charge in [-0.1, -0.05) is 0 Å². The topological polar surface area (TPSA) is 84.9 Å². The Labute approximate surface area is 148 Å². The fourth-order valence-electron chi connectivity index (χ4n) is 2.85. The highest BCUT2D eigenvalue weighted by Crippen LogP contribution is 2.29. The number of aromatic nitrogens is 2. The lowest BCUT2D eigenvalue weighted by atomic mass is 10.0. The molecule has 0 aliphatic carbocycles. The van der Waals surface area contributed by atoms with Crippen LogP contribution in [-0.4, -0.2) is 57.9 Å². The quantitative estimate of drug-likeness (QED) is 0.718. The second-order valence-corrected chi connectivity index (χ2v) is 7.66. The summed E-state index contributed by atoms with van der Waals surface area (Å²) in [5.41, 5.74) is -0.682. The van der Waals surface area contributed by atoms with Crippen LogP contribution in [0.15, 0.2) is 17.0 Å². The van der Waals surface area contributed by atoms with Crippen molar-refractivity contribution in [3.63, 3.8) is 0 Å². The van der Waals surface area contributed by atoms with Gasteiger partial charge in [0.2, 0.25) is 0 Å². The van der Waals surface area contributed by atoms with Crippen molar-refractivity contribution in [2.75, 3.05) is 18.0 Å². The summed E-state index contributed by atoms with van der Waals surface area (Å²) in [6.45, 7) is 6.26. The first-order valence-electron chi connectivity index (χ1n) is 7.68. The molecule has 0 N–H and O–H groups in total. The van der Waals surface area contributed by atoms with E-state index >= 15 is 0 Å². The molecule has 9 heteroatoms. The maximum Gasteiger partial charge on any atom is 0.420 e. The Morgan fingerprint density at radius 1 is 1.38 bits per heavy atom. The van der Waals surface area contributed by atoms with Crippen LogP contribution in [0.25, 0.3) is 0 Å². The zero-order chi connectivity index (χ0) is 17.5. The molecule has 2 fully saturated rings. The van der Waals surface area contributed by atoms with Crippen molar-refractivity contribution in [1.29, 1.82) is 0 Å². The van der Waals surface area contributed by atoms with Crippen molar-refractivity contribution in [3.8, 4) is 0 Å². The molecule has 2 unspecified atom stereocenters. The number of halogens is 1. The second-order valence-electron chi connectivity index (χ2n) is 6.85. The van der Waals surface area contributed by atoms with Gasteiger partial charge in [-0.15, -0.1) is 0 Å². The molecule has 2 atom stereocenters.